The number of nitro groups is 1. The second kappa shape index (κ2) is 10.4. The largest absolute Gasteiger partial charge is 1.00 e. The van der Waals surface area contributed by atoms with Crippen LogP contribution in [0.25, 0.3) is 0 Å². The van der Waals surface area contributed by atoms with Gasteiger partial charge in [0.2, 0.25) is 17.6 Å². The summed E-state index contributed by atoms with van der Waals surface area (Å²) < 4.78 is 36.4. The van der Waals surface area contributed by atoms with Gasteiger partial charge in [-0.1, -0.05) is 12.2 Å². The van der Waals surface area contributed by atoms with E-state index in [9.17, 15) is 32.9 Å². The molecule has 1 heterocycles. The SMILES string of the molecule is CC(CC(C)(C)N1C(=O)CC([S-])C1=O)C(=O)Oc1ccc(S(=O)(=O)O)cc1[N+](=O)[O-].[K+]. The van der Waals surface area contributed by atoms with Gasteiger partial charge in [-0.3, -0.25) is 34.0 Å². The average molecular weight is 499 g/mol. The van der Waals surface area contributed by atoms with Gasteiger partial charge in [-0.2, -0.15) is 8.42 Å². The average Bonchev–Trinajstić information content (AvgIpc) is 2.86. The first-order valence-corrected chi connectivity index (χ1v) is 10.6. The minimum absolute atomic E-state index is 0. The Morgan fingerprint density at radius 2 is 2.00 bits per heavy atom. The van der Waals surface area contributed by atoms with E-state index in [1.54, 1.807) is 13.8 Å². The number of amides is 2. The Bertz CT molecular complexity index is 1030. The van der Waals surface area contributed by atoms with Crippen molar-refractivity contribution in [3.63, 3.8) is 0 Å². The monoisotopic (exact) mass is 498 g/mol. The van der Waals surface area contributed by atoms with Gasteiger partial charge >= 0.3 is 63.0 Å². The smallest absolute Gasteiger partial charge is 0.779 e. The van der Waals surface area contributed by atoms with Gasteiger partial charge in [-0.05, 0) is 32.4 Å². The Hall–Kier alpha value is -0.874. The molecule has 14 heteroatoms. The van der Waals surface area contributed by atoms with Crippen molar-refractivity contribution in [2.75, 3.05) is 0 Å². The van der Waals surface area contributed by atoms with Crippen LogP contribution in [-0.4, -0.2) is 51.4 Å². The van der Waals surface area contributed by atoms with E-state index in [0.717, 1.165) is 17.0 Å². The van der Waals surface area contributed by atoms with Crippen molar-refractivity contribution >= 4 is 46.2 Å². The number of hydrogen-bond donors (Lipinski definition) is 1. The maximum atomic E-state index is 12.5. The number of carbonyl (C=O) groups is 3. The van der Waals surface area contributed by atoms with Gasteiger partial charge in [0.1, 0.15) is 4.90 Å². The van der Waals surface area contributed by atoms with Crippen molar-refractivity contribution in [2.45, 2.75) is 49.3 Å². The summed E-state index contributed by atoms with van der Waals surface area (Å²) >= 11 is 4.95. The van der Waals surface area contributed by atoms with Crippen molar-refractivity contribution in [1.82, 2.24) is 4.90 Å². The van der Waals surface area contributed by atoms with Gasteiger partial charge in [0.05, 0.1) is 10.8 Å². The van der Waals surface area contributed by atoms with Crippen LogP contribution in [0, 0.1) is 16.0 Å². The molecule has 1 aliphatic rings. The second-order valence-corrected chi connectivity index (χ2v) is 9.45. The number of benzene rings is 1. The summed E-state index contributed by atoms with van der Waals surface area (Å²) in [5.74, 6) is -3.24. The van der Waals surface area contributed by atoms with Crippen molar-refractivity contribution in [1.29, 1.82) is 0 Å². The molecule has 31 heavy (non-hydrogen) atoms. The molecule has 2 unspecified atom stereocenters. The normalized spacial score (nSPS) is 17.8. The van der Waals surface area contributed by atoms with E-state index in [-0.39, 0.29) is 64.2 Å². The summed E-state index contributed by atoms with van der Waals surface area (Å²) in [5, 5.41) is 10.3. The van der Waals surface area contributed by atoms with E-state index in [2.05, 4.69) is 0 Å². The Balaban J connectivity index is 0.00000480. The van der Waals surface area contributed by atoms with Gasteiger partial charge in [-0.15, -0.1) is 0 Å². The van der Waals surface area contributed by atoms with Crippen LogP contribution in [0.4, 0.5) is 5.69 Å². The maximum Gasteiger partial charge on any atom is 1.00 e. The fourth-order valence-corrected chi connectivity index (χ4v) is 4.01. The number of rotatable bonds is 7. The topological polar surface area (TPSA) is 161 Å². The number of nitrogens with zero attached hydrogens (tertiary/aromatic N) is 2. The van der Waals surface area contributed by atoms with Crippen LogP contribution in [0.1, 0.15) is 33.6 Å². The van der Waals surface area contributed by atoms with Crippen LogP contribution < -0.4 is 56.1 Å². The summed E-state index contributed by atoms with van der Waals surface area (Å²) in [6.07, 6.45) is -0.0923. The molecule has 1 aromatic rings. The minimum Gasteiger partial charge on any atom is -0.779 e. The van der Waals surface area contributed by atoms with E-state index in [4.69, 9.17) is 21.9 Å². The predicted molar refractivity (Wildman–Crippen MR) is 104 cm³/mol. The molecule has 0 spiro atoms. The van der Waals surface area contributed by atoms with Crippen molar-refractivity contribution in [2.24, 2.45) is 5.92 Å². The summed E-state index contributed by atoms with van der Waals surface area (Å²) in [7, 11) is -4.69. The van der Waals surface area contributed by atoms with E-state index < -0.39 is 65.9 Å². The third kappa shape index (κ3) is 6.57. The fraction of sp³-hybridized carbons (Fsp3) is 0.471. The Morgan fingerprint density at radius 3 is 2.45 bits per heavy atom. The zero-order chi connectivity index (χ0) is 23.0. The summed E-state index contributed by atoms with van der Waals surface area (Å²) in [4.78, 5) is 47.3. The first kappa shape index (κ1) is 28.2. The van der Waals surface area contributed by atoms with Crippen molar-refractivity contribution in [3.8, 4) is 5.75 Å². The van der Waals surface area contributed by atoms with E-state index >= 15 is 0 Å². The molecule has 2 atom stereocenters. The van der Waals surface area contributed by atoms with Gasteiger partial charge in [0.15, 0.2) is 0 Å². The third-order valence-electron chi connectivity index (χ3n) is 4.55. The summed E-state index contributed by atoms with van der Waals surface area (Å²) in [6, 6.07) is 2.30. The number of carbonyl (C=O) groups excluding carboxylic acids is 3. The molecule has 0 aromatic heterocycles. The third-order valence-corrected chi connectivity index (χ3v) is 5.77. The zero-order valence-electron chi connectivity index (χ0n) is 17.2. The summed E-state index contributed by atoms with van der Waals surface area (Å²) in [6.45, 7) is 4.63. The zero-order valence-corrected chi connectivity index (χ0v) is 22.0. The molecule has 0 aliphatic carbocycles. The molecule has 1 N–H and O–H groups in total. The number of hydrogen-bond acceptors (Lipinski definition) is 9. The Morgan fingerprint density at radius 1 is 1.42 bits per heavy atom. The molecule has 164 valence electrons. The molecular formula is C17H19KN2O9S2. The molecule has 0 radical (unpaired) electrons. The number of esters is 1. The van der Waals surface area contributed by atoms with Crippen molar-refractivity contribution in [3.05, 3.63) is 28.3 Å². The maximum absolute atomic E-state index is 12.5. The predicted octanol–water partition coefficient (Wildman–Crippen LogP) is -1.77. The molecule has 0 saturated carbocycles. The molecule has 0 bridgehead atoms. The van der Waals surface area contributed by atoms with E-state index in [0.29, 0.717) is 6.07 Å². The molecule has 1 aliphatic heterocycles. The van der Waals surface area contributed by atoms with E-state index in [1.807, 2.05) is 0 Å². The standard InChI is InChI=1S/C17H20N2O9S2.K/c1-9(8-17(2,3)18-14(20)7-13(29)15(18)21)16(22)28-12-5-4-10(30(25,26)27)6-11(12)19(23)24;/h4-6,9,13,29H,7-8H2,1-3H3,(H,25,26,27);/q;+1/p-1. The van der Waals surface area contributed by atoms with E-state index in [1.165, 1.54) is 6.92 Å². The first-order valence-electron chi connectivity index (χ1n) is 8.65. The minimum atomic E-state index is -4.69. The molecule has 2 rings (SSSR count). The van der Waals surface area contributed by atoms with Crippen molar-refractivity contribution < 1.29 is 88.4 Å². The Kier molecular flexibility index (Phi) is 9.42. The van der Waals surface area contributed by atoms with Crippen LogP contribution >= 0.6 is 0 Å². The molecule has 1 aromatic carbocycles. The van der Waals surface area contributed by atoms with Crippen LogP contribution in [0.5, 0.6) is 5.75 Å². The number of nitro benzene ring substituents is 1. The van der Waals surface area contributed by atoms with Gasteiger partial charge in [0, 0.05) is 18.0 Å². The molecule has 1 saturated heterocycles. The van der Waals surface area contributed by atoms with Crippen LogP contribution in [-0.2, 0) is 37.1 Å². The van der Waals surface area contributed by atoms with Gasteiger partial charge in [-0.25, -0.2) is 0 Å². The molecule has 1 fully saturated rings. The number of imide groups is 1. The van der Waals surface area contributed by atoms with Crippen LogP contribution in [0.3, 0.4) is 0 Å². The fourth-order valence-electron chi connectivity index (χ4n) is 3.26. The summed E-state index contributed by atoms with van der Waals surface area (Å²) in [5.41, 5.74) is -1.88. The number of likely N-dealkylation sites (tertiary alicyclic amines) is 1. The van der Waals surface area contributed by atoms with Gasteiger partial charge < -0.3 is 17.4 Å². The molecular weight excluding hydrogens is 479 g/mol. The molecule has 11 nitrogen and oxygen atoms in total. The first-order chi connectivity index (χ1) is 13.6. The quantitative estimate of drug-likeness (QED) is 0.0666. The molecule has 2 amide bonds. The van der Waals surface area contributed by atoms with Crippen LogP contribution in [0.2, 0.25) is 0 Å². The number of ether oxygens (including phenoxy) is 1. The van der Waals surface area contributed by atoms with Gasteiger partial charge in [0.25, 0.3) is 10.1 Å². The second-order valence-electron chi connectivity index (χ2n) is 7.46. The Labute approximate surface area is 226 Å². The van der Waals surface area contributed by atoms with Crippen LogP contribution in [0.15, 0.2) is 23.1 Å².